The molecule has 0 spiro atoms. The standard InChI is InChI=1S/C6H13NS/c1-2-6-3-5(7)4-8-6/h5-6H,2-4,7H2,1H3. The maximum atomic E-state index is 5.68. The zero-order chi connectivity index (χ0) is 5.98. The van der Waals surface area contributed by atoms with Crippen LogP contribution in [0.25, 0.3) is 0 Å². The molecule has 0 amide bonds. The van der Waals surface area contributed by atoms with Crippen molar-refractivity contribution < 1.29 is 0 Å². The maximum Gasteiger partial charge on any atom is 0.0141 e. The van der Waals surface area contributed by atoms with Crippen molar-refractivity contribution in [2.24, 2.45) is 5.73 Å². The fourth-order valence-electron chi connectivity index (χ4n) is 1.02. The predicted molar refractivity (Wildman–Crippen MR) is 39.1 cm³/mol. The lowest BCUT2D eigenvalue weighted by molar-refractivity contribution is 0.669. The molecule has 0 saturated carbocycles. The highest BCUT2D eigenvalue weighted by Crippen LogP contribution is 2.27. The van der Waals surface area contributed by atoms with E-state index < -0.39 is 0 Å². The molecule has 2 unspecified atom stereocenters. The quantitative estimate of drug-likeness (QED) is 0.579. The van der Waals surface area contributed by atoms with Gasteiger partial charge >= 0.3 is 0 Å². The zero-order valence-corrected chi connectivity index (χ0v) is 6.08. The molecule has 1 nitrogen and oxygen atoms in total. The predicted octanol–water partition coefficient (Wildman–Crippen LogP) is 1.23. The van der Waals surface area contributed by atoms with Gasteiger partial charge in [0.1, 0.15) is 0 Å². The van der Waals surface area contributed by atoms with Crippen LogP contribution in [0.15, 0.2) is 0 Å². The Kier molecular flexibility index (Phi) is 2.20. The summed E-state index contributed by atoms with van der Waals surface area (Å²) in [5, 5.41) is 0.866. The Morgan fingerprint density at radius 3 is 2.75 bits per heavy atom. The number of hydrogen-bond acceptors (Lipinski definition) is 2. The lowest BCUT2D eigenvalue weighted by Crippen LogP contribution is -2.18. The van der Waals surface area contributed by atoms with E-state index in [1.54, 1.807) is 0 Å². The van der Waals surface area contributed by atoms with Gasteiger partial charge in [0.25, 0.3) is 0 Å². The van der Waals surface area contributed by atoms with Gasteiger partial charge < -0.3 is 5.73 Å². The Morgan fingerprint density at radius 1 is 1.75 bits per heavy atom. The van der Waals surface area contributed by atoms with Crippen LogP contribution in [0.5, 0.6) is 0 Å². The van der Waals surface area contributed by atoms with E-state index in [-0.39, 0.29) is 0 Å². The van der Waals surface area contributed by atoms with Gasteiger partial charge in [-0.1, -0.05) is 6.92 Å². The van der Waals surface area contributed by atoms with Crippen molar-refractivity contribution in [1.29, 1.82) is 0 Å². The third kappa shape index (κ3) is 1.39. The van der Waals surface area contributed by atoms with Crippen LogP contribution in [0.1, 0.15) is 19.8 Å². The van der Waals surface area contributed by atoms with E-state index in [4.69, 9.17) is 5.73 Å². The van der Waals surface area contributed by atoms with E-state index in [1.807, 2.05) is 11.8 Å². The number of rotatable bonds is 1. The summed E-state index contributed by atoms with van der Waals surface area (Å²) in [5.74, 6) is 1.18. The third-order valence-electron chi connectivity index (χ3n) is 1.57. The molecule has 48 valence electrons. The summed E-state index contributed by atoms with van der Waals surface area (Å²) >= 11 is 2.03. The lowest BCUT2D eigenvalue weighted by Gasteiger charge is -2.01. The first-order chi connectivity index (χ1) is 3.83. The van der Waals surface area contributed by atoms with Crippen LogP contribution in [0, 0.1) is 0 Å². The zero-order valence-electron chi connectivity index (χ0n) is 5.26. The molecular weight excluding hydrogens is 118 g/mol. The summed E-state index contributed by atoms with van der Waals surface area (Å²) < 4.78 is 0. The molecule has 8 heavy (non-hydrogen) atoms. The molecule has 0 aliphatic carbocycles. The summed E-state index contributed by atoms with van der Waals surface area (Å²) in [6.07, 6.45) is 2.53. The van der Waals surface area contributed by atoms with Gasteiger partial charge in [-0.25, -0.2) is 0 Å². The van der Waals surface area contributed by atoms with Gasteiger partial charge in [-0.05, 0) is 12.8 Å². The van der Waals surface area contributed by atoms with Gasteiger partial charge in [-0.3, -0.25) is 0 Å². The Balaban J connectivity index is 2.22. The molecule has 1 aliphatic rings. The summed E-state index contributed by atoms with van der Waals surface area (Å²) in [4.78, 5) is 0. The van der Waals surface area contributed by atoms with Crippen LogP contribution in [0.4, 0.5) is 0 Å². The highest BCUT2D eigenvalue weighted by Gasteiger charge is 2.19. The highest BCUT2D eigenvalue weighted by atomic mass is 32.2. The first-order valence-corrected chi connectivity index (χ1v) is 4.25. The molecule has 2 heteroatoms. The van der Waals surface area contributed by atoms with Gasteiger partial charge in [-0.2, -0.15) is 11.8 Å². The average molecular weight is 131 g/mol. The van der Waals surface area contributed by atoms with Crippen molar-refractivity contribution >= 4 is 11.8 Å². The second-order valence-electron chi connectivity index (χ2n) is 2.36. The maximum absolute atomic E-state index is 5.68. The van der Waals surface area contributed by atoms with Gasteiger partial charge in [0.2, 0.25) is 0 Å². The van der Waals surface area contributed by atoms with Crippen LogP contribution in [0.2, 0.25) is 0 Å². The Bertz CT molecular complexity index is 74.9. The summed E-state index contributed by atoms with van der Waals surface area (Å²) in [7, 11) is 0. The Hall–Kier alpha value is 0.310. The molecule has 0 aromatic heterocycles. The van der Waals surface area contributed by atoms with Crippen molar-refractivity contribution in [3.05, 3.63) is 0 Å². The van der Waals surface area contributed by atoms with Crippen molar-refractivity contribution in [3.8, 4) is 0 Å². The summed E-state index contributed by atoms with van der Waals surface area (Å²) in [5.41, 5.74) is 5.68. The van der Waals surface area contributed by atoms with Gasteiger partial charge in [0, 0.05) is 17.0 Å². The molecule has 2 atom stereocenters. The largest absolute Gasteiger partial charge is 0.327 e. The molecule has 0 radical (unpaired) electrons. The first-order valence-electron chi connectivity index (χ1n) is 3.20. The van der Waals surface area contributed by atoms with Crippen LogP contribution in [-0.2, 0) is 0 Å². The van der Waals surface area contributed by atoms with E-state index >= 15 is 0 Å². The van der Waals surface area contributed by atoms with Crippen molar-refractivity contribution in [2.45, 2.75) is 31.1 Å². The Labute approximate surface area is 55.0 Å². The first kappa shape index (κ1) is 6.43. The molecule has 0 aromatic carbocycles. The molecule has 1 aliphatic heterocycles. The summed E-state index contributed by atoms with van der Waals surface area (Å²) in [6, 6.07) is 0.491. The minimum Gasteiger partial charge on any atom is -0.327 e. The van der Waals surface area contributed by atoms with E-state index in [1.165, 1.54) is 18.6 Å². The van der Waals surface area contributed by atoms with Crippen molar-refractivity contribution in [3.63, 3.8) is 0 Å². The number of hydrogen-bond donors (Lipinski definition) is 1. The minimum absolute atomic E-state index is 0.491. The second-order valence-corrected chi connectivity index (χ2v) is 3.69. The van der Waals surface area contributed by atoms with Gasteiger partial charge in [0.05, 0.1) is 0 Å². The van der Waals surface area contributed by atoms with Crippen LogP contribution in [-0.4, -0.2) is 17.0 Å². The Morgan fingerprint density at radius 2 is 2.50 bits per heavy atom. The molecule has 0 bridgehead atoms. The van der Waals surface area contributed by atoms with Crippen LogP contribution in [0.3, 0.4) is 0 Å². The molecule has 1 fully saturated rings. The molecular formula is C6H13NS. The number of thioether (sulfide) groups is 1. The third-order valence-corrected chi connectivity index (χ3v) is 3.18. The second kappa shape index (κ2) is 2.74. The smallest absolute Gasteiger partial charge is 0.0141 e. The normalized spacial score (nSPS) is 38.2. The van der Waals surface area contributed by atoms with E-state index in [0.29, 0.717) is 6.04 Å². The molecule has 1 heterocycles. The number of nitrogens with two attached hydrogens (primary N) is 1. The summed E-state index contributed by atoms with van der Waals surface area (Å²) in [6.45, 7) is 2.23. The van der Waals surface area contributed by atoms with Crippen molar-refractivity contribution in [2.75, 3.05) is 5.75 Å². The minimum atomic E-state index is 0.491. The topological polar surface area (TPSA) is 26.0 Å². The SMILES string of the molecule is CCC1CC(N)CS1. The van der Waals surface area contributed by atoms with Crippen molar-refractivity contribution in [1.82, 2.24) is 0 Å². The van der Waals surface area contributed by atoms with Crippen LogP contribution >= 0.6 is 11.8 Å². The van der Waals surface area contributed by atoms with Crippen LogP contribution < -0.4 is 5.73 Å². The monoisotopic (exact) mass is 131 g/mol. The molecule has 0 aromatic rings. The average Bonchev–Trinajstić information content (AvgIpc) is 2.14. The van der Waals surface area contributed by atoms with E-state index in [0.717, 1.165) is 5.25 Å². The lowest BCUT2D eigenvalue weighted by atomic mass is 10.2. The fraction of sp³-hybridized carbons (Fsp3) is 1.00. The van der Waals surface area contributed by atoms with Gasteiger partial charge in [0.15, 0.2) is 0 Å². The molecule has 2 N–H and O–H groups in total. The van der Waals surface area contributed by atoms with Gasteiger partial charge in [-0.15, -0.1) is 0 Å². The fourth-order valence-corrected chi connectivity index (χ4v) is 2.29. The molecule has 1 rings (SSSR count). The van der Waals surface area contributed by atoms with E-state index in [9.17, 15) is 0 Å². The molecule has 1 saturated heterocycles. The highest BCUT2D eigenvalue weighted by molar-refractivity contribution is 8.00. The van der Waals surface area contributed by atoms with E-state index in [2.05, 4.69) is 6.92 Å².